The maximum absolute atomic E-state index is 12.3. The second kappa shape index (κ2) is 5.02. The van der Waals surface area contributed by atoms with Gasteiger partial charge in [-0.25, -0.2) is 0 Å². The number of hydrogen-bond acceptors (Lipinski definition) is 2. The first-order valence-corrected chi connectivity index (χ1v) is 7.30. The molecule has 3 nitrogen and oxygen atoms in total. The summed E-state index contributed by atoms with van der Waals surface area (Å²) in [6.07, 6.45) is 2.17. The van der Waals surface area contributed by atoms with E-state index in [0.29, 0.717) is 11.9 Å². The summed E-state index contributed by atoms with van der Waals surface area (Å²) in [4.78, 5) is 14.3. The molecule has 3 rings (SSSR count). The Labute approximate surface area is 116 Å². The van der Waals surface area contributed by atoms with Gasteiger partial charge in [-0.1, -0.05) is 28.1 Å². The molecule has 4 heteroatoms. The Bertz CT molecular complexity index is 463. The summed E-state index contributed by atoms with van der Waals surface area (Å²) in [7, 11) is 0. The highest BCUT2D eigenvalue weighted by atomic mass is 79.9. The summed E-state index contributed by atoms with van der Waals surface area (Å²) in [6.45, 7) is 2.64. The van der Waals surface area contributed by atoms with Gasteiger partial charge in [-0.2, -0.15) is 0 Å². The predicted octanol–water partition coefficient (Wildman–Crippen LogP) is 2.16. The van der Waals surface area contributed by atoms with Crippen LogP contribution in [-0.2, 0) is 11.3 Å². The van der Waals surface area contributed by atoms with Crippen molar-refractivity contribution in [1.82, 2.24) is 10.2 Å². The predicted molar refractivity (Wildman–Crippen MR) is 74.1 cm³/mol. The Morgan fingerprint density at radius 3 is 3.11 bits per heavy atom. The maximum Gasteiger partial charge on any atom is 0.227 e. The minimum atomic E-state index is 0.214. The number of hydrogen-bond donors (Lipinski definition) is 1. The van der Waals surface area contributed by atoms with Crippen LogP contribution in [0.2, 0.25) is 0 Å². The molecule has 2 aliphatic heterocycles. The molecule has 2 aliphatic rings. The first kappa shape index (κ1) is 12.2. The van der Waals surface area contributed by atoms with E-state index in [1.54, 1.807) is 0 Å². The molecule has 18 heavy (non-hydrogen) atoms. The number of nitrogens with one attached hydrogen (secondary N) is 1. The summed E-state index contributed by atoms with van der Waals surface area (Å²) in [5, 5.41) is 3.47. The molecule has 0 aromatic heterocycles. The van der Waals surface area contributed by atoms with Gasteiger partial charge in [0, 0.05) is 23.6 Å². The lowest BCUT2D eigenvalue weighted by Gasteiger charge is -2.23. The third-order valence-corrected chi connectivity index (χ3v) is 4.39. The lowest BCUT2D eigenvalue weighted by molar-refractivity contribution is -0.131. The molecule has 0 radical (unpaired) electrons. The highest BCUT2D eigenvalue weighted by Gasteiger charge is 2.41. The average Bonchev–Trinajstić information content (AvgIpc) is 2.67. The molecule has 1 amide bonds. The van der Waals surface area contributed by atoms with Crippen LogP contribution in [0.5, 0.6) is 0 Å². The smallest absolute Gasteiger partial charge is 0.227 e. The van der Waals surface area contributed by atoms with Crippen LogP contribution in [0.15, 0.2) is 28.7 Å². The van der Waals surface area contributed by atoms with Crippen LogP contribution in [0.3, 0.4) is 0 Å². The highest BCUT2D eigenvalue weighted by Crippen LogP contribution is 2.27. The zero-order chi connectivity index (χ0) is 12.5. The zero-order valence-corrected chi connectivity index (χ0v) is 11.8. The summed E-state index contributed by atoms with van der Waals surface area (Å²) in [5.74, 6) is 0.540. The Balaban J connectivity index is 1.72. The highest BCUT2D eigenvalue weighted by molar-refractivity contribution is 9.10. The Morgan fingerprint density at radius 1 is 1.44 bits per heavy atom. The van der Waals surface area contributed by atoms with Crippen molar-refractivity contribution < 1.29 is 4.79 Å². The van der Waals surface area contributed by atoms with Gasteiger partial charge in [0.05, 0.1) is 5.92 Å². The van der Waals surface area contributed by atoms with Gasteiger partial charge in [0.2, 0.25) is 5.91 Å². The average molecular weight is 309 g/mol. The van der Waals surface area contributed by atoms with E-state index in [0.717, 1.165) is 36.9 Å². The fourth-order valence-corrected chi connectivity index (χ4v) is 3.45. The molecular formula is C14H17BrN2O. The maximum atomic E-state index is 12.3. The molecule has 0 saturated carbocycles. The molecule has 2 saturated heterocycles. The summed E-state index contributed by atoms with van der Waals surface area (Å²) < 4.78 is 1.07. The van der Waals surface area contributed by atoms with Crippen molar-refractivity contribution in [3.05, 3.63) is 34.3 Å². The quantitative estimate of drug-likeness (QED) is 0.908. The van der Waals surface area contributed by atoms with Crippen molar-refractivity contribution in [3.63, 3.8) is 0 Å². The van der Waals surface area contributed by atoms with Crippen molar-refractivity contribution in [3.8, 4) is 0 Å². The normalized spacial score (nSPS) is 27.4. The number of likely N-dealkylation sites (tertiary alicyclic amines) is 1. The van der Waals surface area contributed by atoms with E-state index in [-0.39, 0.29) is 5.92 Å². The molecule has 96 valence electrons. The van der Waals surface area contributed by atoms with Gasteiger partial charge in [0.15, 0.2) is 0 Å². The number of nitrogens with zero attached hydrogens (tertiary/aromatic N) is 1. The van der Waals surface area contributed by atoms with Crippen molar-refractivity contribution in [2.45, 2.75) is 25.4 Å². The van der Waals surface area contributed by atoms with E-state index in [1.807, 2.05) is 17.0 Å². The number of rotatable bonds is 2. The van der Waals surface area contributed by atoms with Gasteiger partial charge in [-0.3, -0.25) is 4.79 Å². The second-order valence-corrected chi connectivity index (χ2v) is 6.07. The van der Waals surface area contributed by atoms with E-state index in [1.165, 1.54) is 5.56 Å². The number of carbonyl (C=O) groups is 1. The van der Waals surface area contributed by atoms with Gasteiger partial charge < -0.3 is 10.2 Å². The topological polar surface area (TPSA) is 32.3 Å². The number of piperidine rings is 1. The molecule has 2 unspecified atom stereocenters. The molecule has 1 aromatic rings. The third kappa shape index (κ3) is 2.31. The monoisotopic (exact) mass is 308 g/mol. The van der Waals surface area contributed by atoms with Gasteiger partial charge in [0.1, 0.15) is 0 Å². The van der Waals surface area contributed by atoms with E-state index in [2.05, 4.69) is 33.4 Å². The Hall–Kier alpha value is -0.870. The van der Waals surface area contributed by atoms with Crippen LogP contribution in [0.4, 0.5) is 0 Å². The molecule has 2 atom stereocenters. The van der Waals surface area contributed by atoms with Crippen LogP contribution in [-0.4, -0.2) is 29.9 Å². The number of carbonyl (C=O) groups excluding carboxylic acids is 1. The van der Waals surface area contributed by atoms with E-state index >= 15 is 0 Å². The third-order valence-electron chi connectivity index (χ3n) is 3.89. The van der Waals surface area contributed by atoms with Crippen LogP contribution >= 0.6 is 15.9 Å². The molecule has 2 heterocycles. The molecule has 0 spiro atoms. The fraction of sp³-hybridized carbons (Fsp3) is 0.500. The minimum Gasteiger partial charge on any atom is -0.336 e. The largest absolute Gasteiger partial charge is 0.336 e. The summed E-state index contributed by atoms with van der Waals surface area (Å²) in [5.41, 5.74) is 1.19. The van der Waals surface area contributed by atoms with Gasteiger partial charge in [-0.05, 0) is 37.1 Å². The Kier molecular flexibility index (Phi) is 3.39. The van der Waals surface area contributed by atoms with Gasteiger partial charge in [-0.15, -0.1) is 0 Å². The van der Waals surface area contributed by atoms with Crippen LogP contribution in [0, 0.1) is 5.92 Å². The zero-order valence-electron chi connectivity index (χ0n) is 10.2. The van der Waals surface area contributed by atoms with Gasteiger partial charge >= 0.3 is 0 Å². The van der Waals surface area contributed by atoms with Crippen molar-refractivity contribution >= 4 is 21.8 Å². The van der Waals surface area contributed by atoms with Crippen molar-refractivity contribution in [2.75, 3.05) is 13.1 Å². The van der Waals surface area contributed by atoms with Crippen LogP contribution < -0.4 is 5.32 Å². The first-order chi connectivity index (χ1) is 8.74. The van der Waals surface area contributed by atoms with Crippen molar-refractivity contribution in [1.29, 1.82) is 0 Å². The molecular weight excluding hydrogens is 292 g/mol. The molecule has 0 aliphatic carbocycles. The molecule has 2 fully saturated rings. The minimum absolute atomic E-state index is 0.214. The van der Waals surface area contributed by atoms with E-state index in [9.17, 15) is 4.79 Å². The SMILES string of the molecule is O=C1C2CCCNC2CN1Cc1cccc(Br)c1. The number of benzene rings is 1. The standard InChI is InChI=1S/C14H17BrN2O/c15-11-4-1-3-10(7-11)8-17-9-13-12(14(17)18)5-2-6-16-13/h1,3-4,7,12-13,16H,2,5-6,8-9H2. The number of halogens is 1. The lowest BCUT2D eigenvalue weighted by atomic mass is 9.94. The van der Waals surface area contributed by atoms with E-state index < -0.39 is 0 Å². The first-order valence-electron chi connectivity index (χ1n) is 6.50. The van der Waals surface area contributed by atoms with Crippen LogP contribution in [0.25, 0.3) is 0 Å². The molecule has 0 bridgehead atoms. The number of amides is 1. The summed E-state index contributed by atoms with van der Waals surface area (Å²) >= 11 is 3.47. The Morgan fingerprint density at radius 2 is 2.33 bits per heavy atom. The van der Waals surface area contributed by atoms with Gasteiger partial charge in [0.25, 0.3) is 0 Å². The fourth-order valence-electron chi connectivity index (χ4n) is 3.00. The van der Waals surface area contributed by atoms with Crippen LogP contribution in [0.1, 0.15) is 18.4 Å². The van der Waals surface area contributed by atoms with Crippen molar-refractivity contribution in [2.24, 2.45) is 5.92 Å². The summed E-state index contributed by atoms with van der Waals surface area (Å²) in [6, 6.07) is 8.57. The second-order valence-electron chi connectivity index (χ2n) is 5.16. The number of fused-ring (bicyclic) bond motifs is 1. The van der Waals surface area contributed by atoms with E-state index in [4.69, 9.17) is 0 Å². The molecule has 1 aromatic carbocycles. The molecule has 1 N–H and O–H groups in total. The lowest BCUT2D eigenvalue weighted by Crippen LogP contribution is -2.41.